The molecule has 0 spiro atoms. The Hall–Kier alpha value is -0.610. The van der Waals surface area contributed by atoms with Gasteiger partial charge < -0.3 is 16.0 Å². The molecule has 4 nitrogen and oxygen atoms in total. The van der Waals surface area contributed by atoms with Crippen LogP contribution in [-0.2, 0) is 4.79 Å². The number of hydrogen-bond donors (Lipinski definition) is 2. The number of nitrogens with zero attached hydrogens (tertiary/aromatic N) is 1. The van der Waals surface area contributed by atoms with Crippen molar-refractivity contribution in [3.8, 4) is 0 Å². The Balaban J connectivity index is 2.38. The van der Waals surface area contributed by atoms with Crippen LogP contribution in [0.5, 0.6) is 0 Å². The van der Waals surface area contributed by atoms with Crippen LogP contribution in [-0.4, -0.2) is 44.5 Å². The molecule has 1 rings (SSSR count). The van der Waals surface area contributed by atoms with E-state index in [0.717, 1.165) is 38.9 Å². The van der Waals surface area contributed by atoms with Crippen molar-refractivity contribution in [2.75, 3.05) is 33.7 Å². The van der Waals surface area contributed by atoms with E-state index >= 15 is 0 Å². The molecular weight excluding hydrogens is 250 g/mol. The normalized spacial score (nSPS) is 23.9. The second-order valence-corrected chi connectivity index (χ2v) is 7.43. The third-order valence-corrected chi connectivity index (χ3v) is 4.21. The highest BCUT2D eigenvalue weighted by Crippen LogP contribution is 2.31. The summed E-state index contributed by atoms with van der Waals surface area (Å²) in [6.07, 6.45) is 5.55. The van der Waals surface area contributed by atoms with Gasteiger partial charge in [0.25, 0.3) is 0 Å². The maximum Gasteiger partial charge on any atom is 0.223 e. The zero-order valence-electron chi connectivity index (χ0n) is 13.7. The summed E-state index contributed by atoms with van der Waals surface area (Å²) >= 11 is 0. The second-order valence-electron chi connectivity index (χ2n) is 7.43. The van der Waals surface area contributed by atoms with Gasteiger partial charge >= 0.3 is 0 Å². The molecule has 4 heteroatoms. The van der Waals surface area contributed by atoms with Crippen LogP contribution in [0.3, 0.4) is 0 Å². The maximum atomic E-state index is 12.3. The molecule has 1 fully saturated rings. The standard InChI is InChI=1S/C16H33N3O/c1-16(2,12-19(3)4)11-18-15(20)14-7-5-6-13(10-14)8-9-17/h13-14H,5-12,17H2,1-4H3,(H,18,20). The van der Waals surface area contributed by atoms with Crippen molar-refractivity contribution in [2.24, 2.45) is 23.0 Å². The summed E-state index contributed by atoms with van der Waals surface area (Å²) in [5, 5.41) is 3.16. The molecular formula is C16H33N3O. The molecule has 0 radical (unpaired) electrons. The molecule has 0 aromatic rings. The van der Waals surface area contributed by atoms with E-state index in [1.165, 1.54) is 12.8 Å². The van der Waals surface area contributed by atoms with Crippen LogP contribution in [0.15, 0.2) is 0 Å². The molecule has 0 aromatic heterocycles. The van der Waals surface area contributed by atoms with Gasteiger partial charge in [0.2, 0.25) is 5.91 Å². The Bertz CT molecular complexity index is 300. The Morgan fingerprint density at radius 3 is 2.65 bits per heavy atom. The molecule has 1 aliphatic carbocycles. The van der Waals surface area contributed by atoms with E-state index in [1.54, 1.807) is 0 Å². The number of carbonyl (C=O) groups is 1. The first kappa shape index (κ1) is 17.4. The number of carbonyl (C=O) groups excluding carboxylic acids is 1. The van der Waals surface area contributed by atoms with Gasteiger partial charge in [-0.15, -0.1) is 0 Å². The van der Waals surface area contributed by atoms with Crippen molar-refractivity contribution in [3.63, 3.8) is 0 Å². The average Bonchev–Trinajstić information content (AvgIpc) is 2.35. The summed E-state index contributed by atoms with van der Waals surface area (Å²) in [5.41, 5.74) is 5.75. The number of amides is 1. The highest BCUT2D eigenvalue weighted by Gasteiger charge is 2.28. The highest BCUT2D eigenvalue weighted by atomic mass is 16.1. The monoisotopic (exact) mass is 283 g/mol. The maximum absolute atomic E-state index is 12.3. The quantitative estimate of drug-likeness (QED) is 0.749. The van der Waals surface area contributed by atoms with Crippen LogP contribution >= 0.6 is 0 Å². The summed E-state index contributed by atoms with van der Waals surface area (Å²) in [7, 11) is 4.14. The lowest BCUT2D eigenvalue weighted by Crippen LogP contribution is -2.42. The van der Waals surface area contributed by atoms with Crippen LogP contribution in [0, 0.1) is 17.3 Å². The molecule has 0 aromatic carbocycles. The fraction of sp³-hybridized carbons (Fsp3) is 0.938. The largest absolute Gasteiger partial charge is 0.355 e. The molecule has 1 aliphatic rings. The number of nitrogens with two attached hydrogens (primary N) is 1. The average molecular weight is 283 g/mol. The summed E-state index contributed by atoms with van der Waals surface area (Å²) in [4.78, 5) is 14.5. The van der Waals surface area contributed by atoms with E-state index in [2.05, 4.69) is 38.2 Å². The first-order chi connectivity index (χ1) is 9.34. The van der Waals surface area contributed by atoms with Gasteiger partial charge in [-0.2, -0.15) is 0 Å². The van der Waals surface area contributed by atoms with Gasteiger partial charge in [-0.3, -0.25) is 4.79 Å². The fourth-order valence-electron chi connectivity index (χ4n) is 3.41. The Kier molecular flexibility index (Phi) is 6.96. The van der Waals surface area contributed by atoms with Crippen molar-refractivity contribution in [2.45, 2.75) is 46.0 Å². The van der Waals surface area contributed by atoms with Gasteiger partial charge in [0.05, 0.1) is 0 Å². The summed E-state index contributed by atoms with van der Waals surface area (Å²) in [6, 6.07) is 0. The minimum absolute atomic E-state index is 0.116. The predicted octanol–water partition coefficient (Wildman–Crippen LogP) is 1.85. The lowest BCUT2D eigenvalue weighted by molar-refractivity contribution is -0.127. The molecule has 20 heavy (non-hydrogen) atoms. The van der Waals surface area contributed by atoms with Gasteiger partial charge in [-0.25, -0.2) is 0 Å². The number of nitrogens with one attached hydrogen (secondary N) is 1. The molecule has 3 N–H and O–H groups in total. The van der Waals surface area contributed by atoms with Gasteiger partial charge in [0, 0.05) is 19.0 Å². The summed E-state index contributed by atoms with van der Waals surface area (Å²) in [5.74, 6) is 1.10. The van der Waals surface area contributed by atoms with Crippen molar-refractivity contribution in [3.05, 3.63) is 0 Å². The lowest BCUT2D eigenvalue weighted by Gasteiger charge is -2.31. The van der Waals surface area contributed by atoms with E-state index in [0.29, 0.717) is 5.92 Å². The van der Waals surface area contributed by atoms with Crippen molar-refractivity contribution >= 4 is 5.91 Å². The minimum Gasteiger partial charge on any atom is -0.355 e. The van der Waals surface area contributed by atoms with Crippen molar-refractivity contribution in [1.29, 1.82) is 0 Å². The van der Waals surface area contributed by atoms with Crippen molar-refractivity contribution in [1.82, 2.24) is 10.2 Å². The summed E-state index contributed by atoms with van der Waals surface area (Å²) in [6.45, 7) is 6.88. The fourth-order valence-corrected chi connectivity index (χ4v) is 3.41. The van der Waals surface area contributed by atoms with Gasteiger partial charge in [-0.1, -0.05) is 26.7 Å². The third kappa shape index (κ3) is 6.23. The molecule has 0 aliphatic heterocycles. The van der Waals surface area contributed by atoms with Gasteiger partial charge in [0.15, 0.2) is 0 Å². The van der Waals surface area contributed by atoms with Crippen molar-refractivity contribution < 1.29 is 4.79 Å². The van der Waals surface area contributed by atoms with E-state index < -0.39 is 0 Å². The molecule has 0 heterocycles. The molecule has 118 valence electrons. The predicted molar refractivity (Wildman–Crippen MR) is 84.5 cm³/mol. The van der Waals surface area contributed by atoms with Crippen LogP contribution in [0.4, 0.5) is 0 Å². The summed E-state index contributed by atoms with van der Waals surface area (Å²) < 4.78 is 0. The minimum atomic E-state index is 0.116. The molecule has 0 saturated heterocycles. The zero-order valence-corrected chi connectivity index (χ0v) is 13.7. The number of rotatable bonds is 7. The first-order valence-electron chi connectivity index (χ1n) is 7.96. The first-order valence-corrected chi connectivity index (χ1v) is 7.96. The smallest absolute Gasteiger partial charge is 0.223 e. The van der Waals surface area contributed by atoms with E-state index in [9.17, 15) is 4.79 Å². The highest BCUT2D eigenvalue weighted by molar-refractivity contribution is 5.78. The molecule has 2 unspecified atom stereocenters. The number of hydrogen-bond acceptors (Lipinski definition) is 3. The van der Waals surface area contributed by atoms with E-state index in [1.807, 2.05) is 0 Å². The Morgan fingerprint density at radius 2 is 2.05 bits per heavy atom. The molecule has 1 saturated carbocycles. The molecule has 2 atom stereocenters. The van der Waals surface area contributed by atoms with Crippen LogP contribution in [0.1, 0.15) is 46.0 Å². The van der Waals surface area contributed by atoms with E-state index in [4.69, 9.17) is 5.73 Å². The molecule has 0 bridgehead atoms. The Labute approximate surface area is 124 Å². The zero-order chi connectivity index (χ0) is 15.2. The van der Waals surface area contributed by atoms with Crippen LogP contribution in [0.25, 0.3) is 0 Å². The molecule has 1 amide bonds. The van der Waals surface area contributed by atoms with Gasteiger partial charge in [0.1, 0.15) is 0 Å². The lowest BCUT2D eigenvalue weighted by atomic mass is 9.79. The van der Waals surface area contributed by atoms with Gasteiger partial charge in [-0.05, 0) is 51.2 Å². The van der Waals surface area contributed by atoms with E-state index in [-0.39, 0.29) is 17.2 Å². The topological polar surface area (TPSA) is 58.4 Å². The van der Waals surface area contributed by atoms with Crippen LogP contribution in [0.2, 0.25) is 0 Å². The second kappa shape index (κ2) is 7.99. The SMILES string of the molecule is CN(C)CC(C)(C)CNC(=O)C1CCCC(CCN)C1. The third-order valence-electron chi connectivity index (χ3n) is 4.21. The Morgan fingerprint density at radius 1 is 1.35 bits per heavy atom. The van der Waals surface area contributed by atoms with Crippen LogP contribution < -0.4 is 11.1 Å².